The highest BCUT2D eigenvalue weighted by atomic mass is 79.9. The summed E-state index contributed by atoms with van der Waals surface area (Å²) in [5.41, 5.74) is 3.08. The van der Waals surface area contributed by atoms with Gasteiger partial charge in [-0.05, 0) is 65.5 Å². The van der Waals surface area contributed by atoms with Crippen LogP contribution >= 0.6 is 15.9 Å². The number of furan rings is 1. The third-order valence-corrected chi connectivity index (χ3v) is 5.53. The van der Waals surface area contributed by atoms with E-state index in [2.05, 4.69) is 43.2 Å². The molecule has 1 aromatic heterocycles. The van der Waals surface area contributed by atoms with E-state index in [0.717, 1.165) is 50.8 Å². The summed E-state index contributed by atoms with van der Waals surface area (Å²) < 4.78 is 11.4. The predicted molar refractivity (Wildman–Crippen MR) is 110 cm³/mol. The SMILES string of the molecule is O=C(Nc1ccc(N2CCOCC2)cc1N1CCCCC1)c1ccc(Br)o1. The number of benzene rings is 1. The summed E-state index contributed by atoms with van der Waals surface area (Å²) >= 11 is 3.25. The van der Waals surface area contributed by atoms with E-state index < -0.39 is 0 Å². The number of nitrogens with zero attached hydrogens (tertiary/aromatic N) is 2. The number of morpholine rings is 1. The van der Waals surface area contributed by atoms with E-state index in [1.165, 1.54) is 24.9 Å². The maximum atomic E-state index is 12.6. The molecule has 0 atom stereocenters. The van der Waals surface area contributed by atoms with Crippen molar-refractivity contribution in [2.75, 3.05) is 54.5 Å². The van der Waals surface area contributed by atoms with E-state index in [9.17, 15) is 4.79 Å². The first-order chi connectivity index (χ1) is 13.2. The van der Waals surface area contributed by atoms with Crippen molar-refractivity contribution in [3.63, 3.8) is 0 Å². The molecule has 144 valence electrons. The van der Waals surface area contributed by atoms with Crippen molar-refractivity contribution in [2.45, 2.75) is 19.3 Å². The molecule has 2 aromatic rings. The third kappa shape index (κ3) is 4.30. The van der Waals surface area contributed by atoms with Crippen LogP contribution in [0.5, 0.6) is 0 Å². The average molecular weight is 434 g/mol. The van der Waals surface area contributed by atoms with Crippen molar-refractivity contribution in [3.05, 3.63) is 40.8 Å². The molecule has 0 unspecified atom stereocenters. The number of hydrogen-bond acceptors (Lipinski definition) is 5. The van der Waals surface area contributed by atoms with Gasteiger partial charge < -0.3 is 24.3 Å². The predicted octanol–water partition coefficient (Wildman–Crippen LogP) is 4.12. The van der Waals surface area contributed by atoms with E-state index >= 15 is 0 Å². The fraction of sp³-hybridized carbons (Fsp3) is 0.450. The van der Waals surface area contributed by atoms with Crippen LogP contribution in [-0.2, 0) is 4.74 Å². The van der Waals surface area contributed by atoms with Crippen LogP contribution in [-0.4, -0.2) is 45.3 Å². The minimum absolute atomic E-state index is 0.238. The van der Waals surface area contributed by atoms with Gasteiger partial charge in [-0.25, -0.2) is 0 Å². The second kappa shape index (κ2) is 8.35. The first-order valence-corrected chi connectivity index (χ1v) is 10.3. The summed E-state index contributed by atoms with van der Waals surface area (Å²) in [7, 11) is 0. The number of ether oxygens (including phenoxy) is 1. The molecule has 1 aromatic carbocycles. The smallest absolute Gasteiger partial charge is 0.291 e. The van der Waals surface area contributed by atoms with Crippen LogP contribution in [0.25, 0.3) is 0 Å². The summed E-state index contributed by atoms with van der Waals surface area (Å²) in [4.78, 5) is 17.3. The van der Waals surface area contributed by atoms with Crippen molar-refractivity contribution < 1.29 is 13.9 Å². The maximum absolute atomic E-state index is 12.6. The summed E-state index contributed by atoms with van der Waals surface area (Å²) in [5, 5.41) is 3.03. The number of nitrogens with one attached hydrogen (secondary N) is 1. The Balaban J connectivity index is 1.61. The number of piperidine rings is 1. The summed E-state index contributed by atoms with van der Waals surface area (Å²) in [6.45, 7) is 5.33. The van der Waals surface area contributed by atoms with Gasteiger partial charge in [-0.2, -0.15) is 0 Å². The molecule has 1 amide bonds. The fourth-order valence-electron chi connectivity index (χ4n) is 3.66. The Kier molecular flexibility index (Phi) is 5.69. The van der Waals surface area contributed by atoms with Gasteiger partial charge in [0.1, 0.15) is 0 Å². The molecule has 0 bridgehead atoms. The van der Waals surface area contributed by atoms with Crippen molar-refractivity contribution in [2.24, 2.45) is 0 Å². The standard InChI is InChI=1S/C20H24BrN3O3/c21-19-7-6-18(27-19)20(25)22-16-5-4-15(23-10-12-26-13-11-23)14-17(16)24-8-2-1-3-9-24/h4-7,14H,1-3,8-13H2,(H,22,25). The third-order valence-electron chi connectivity index (χ3n) is 5.10. The minimum Gasteiger partial charge on any atom is -0.444 e. The first kappa shape index (κ1) is 18.4. The lowest BCUT2D eigenvalue weighted by Gasteiger charge is -2.33. The van der Waals surface area contributed by atoms with Gasteiger partial charge in [0.05, 0.1) is 24.6 Å². The van der Waals surface area contributed by atoms with Gasteiger partial charge in [-0.15, -0.1) is 0 Å². The number of amides is 1. The average Bonchev–Trinajstić information content (AvgIpc) is 3.16. The lowest BCUT2D eigenvalue weighted by Crippen LogP contribution is -2.36. The van der Waals surface area contributed by atoms with E-state index in [1.807, 2.05) is 6.07 Å². The fourth-order valence-corrected chi connectivity index (χ4v) is 3.97. The number of halogens is 1. The van der Waals surface area contributed by atoms with Crippen LogP contribution < -0.4 is 15.1 Å². The number of rotatable bonds is 4. The van der Waals surface area contributed by atoms with Gasteiger partial charge in [0.2, 0.25) is 0 Å². The molecule has 0 spiro atoms. The highest BCUT2D eigenvalue weighted by molar-refractivity contribution is 9.10. The van der Waals surface area contributed by atoms with Crippen molar-refractivity contribution >= 4 is 38.9 Å². The van der Waals surface area contributed by atoms with Gasteiger partial charge >= 0.3 is 0 Å². The van der Waals surface area contributed by atoms with Gasteiger partial charge in [0.15, 0.2) is 10.4 Å². The van der Waals surface area contributed by atoms with Crippen LogP contribution in [0.1, 0.15) is 29.8 Å². The molecule has 6 nitrogen and oxygen atoms in total. The van der Waals surface area contributed by atoms with Crippen molar-refractivity contribution in [1.82, 2.24) is 0 Å². The van der Waals surface area contributed by atoms with Gasteiger partial charge in [-0.3, -0.25) is 4.79 Å². The van der Waals surface area contributed by atoms with Crippen LogP contribution in [0.15, 0.2) is 39.4 Å². The topological polar surface area (TPSA) is 58.0 Å². The number of carbonyl (C=O) groups is 1. The molecule has 7 heteroatoms. The molecule has 0 aliphatic carbocycles. The Morgan fingerprint density at radius 2 is 1.74 bits per heavy atom. The van der Waals surface area contributed by atoms with E-state index in [4.69, 9.17) is 9.15 Å². The van der Waals surface area contributed by atoms with Crippen LogP contribution in [0.3, 0.4) is 0 Å². The molecule has 2 aliphatic heterocycles. The summed E-state index contributed by atoms with van der Waals surface area (Å²) in [6.07, 6.45) is 3.63. The molecule has 2 fully saturated rings. The zero-order chi connectivity index (χ0) is 18.6. The van der Waals surface area contributed by atoms with E-state index in [1.54, 1.807) is 12.1 Å². The Bertz CT molecular complexity index is 796. The van der Waals surface area contributed by atoms with Gasteiger partial charge in [0, 0.05) is 31.9 Å². The minimum atomic E-state index is -0.238. The van der Waals surface area contributed by atoms with Crippen LogP contribution in [0.4, 0.5) is 17.1 Å². The normalized spacial score (nSPS) is 17.8. The van der Waals surface area contributed by atoms with Gasteiger partial charge in [0.25, 0.3) is 5.91 Å². The molecular formula is C20H24BrN3O3. The highest BCUT2D eigenvalue weighted by Crippen LogP contribution is 2.33. The zero-order valence-electron chi connectivity index (χ0n) is 15.2. The number of anilines is 3. The maximum Gasteiger partial charge on any atom is 0.291 e. The molecule has 1 N–H and O–H groups in total. The van der Waals surface area contributed by atoms with E-state index in [-0.39, 0.29) is 5.91 Å². The quantitative estimate of drug-likeness (QED) is 0.785. The van der Waals surface area contributed by atoms with E-state index in [0.29, 0.717) is 10.4 Å². The first-order valence-electron chi connectivity index (χ1n) is 9.49. The Hall–Kier alpha value is -1.99. The van der Waals surface area contributed by atoms with Gasteiger partial charge in [-0.1, -0.05) is 0 Å². The monoisotopic (exact) mass is 433 g/mol. The molecule has 0 radical (unpaired) electrons. The van der Waals surface area contributed by atoms with Crippen LogP contribution in [0.2, 0.25) is 0 Å². The summed E-state index contributed by atoms with van der Waals surface area (Å²) in [5.74, 6) is 0.0572. The van der Waals surface area contributed by atoms with Crippen LogP contribution in [0, 0.1) is 0 Å². The lowest BCUT2D eigenvalue weighted by atomic mass is 10.1. The Labute approximate surface area is 167 Å². The molecular weight excluding hydrogens is 410 g/mol. The molecule has 3 heterocycles. The molecule has 2 aliphatic rings. The lowest BCUT2D eigenvalue weighted by molar-refractivity contribution is 0.0995. The second-order valence-corrected chi connectivity index (χ2v) is 7.69. The Morgan fingerprint density at radius 1 is 0.963 bits per heavy atom. The largest absolute Gasteiger partial charge is 0.444 e. The number of hydrogen-bond donors (Lipinski definition) is 1. The van der Waals surface area contributed by atoms with Crippen molar-refractivity contribution in [3.8, 4) is 0 Å². The zero-order valence-corrected chi connectivity index (χ0v) is 16.8. The summed E-state index contributed by atoms with van der Waals surface area (Å²) in [6, 6.07) is 9.67. The second-order valence-electron chi connectivity index (χ2n) is 6.91. The number of carbonyl (C=O) groups excluding carboxylic acids is 1. The Morgan fingerprint density at radius 3 is 2.44 bits per heavy atom. The molecule has 0 saturated carbocycles. The van der Waals surface area contributed by atoms with Crippen molar-refractivity contribution in [1.29, 1.82) is 0 Å². The molecule has 2 saturated heterocycles. The molecule has 4 rings (SSSR count). The molecule has 27 heavy (non-hydrogen) atoms. The highest BCUT2D eigenvalue weighted by Gasteiger charge is 2.20.